The van der Waals surface area contributed by atoms with Crippen molar-refractivity contribution in [3.8, 4) is 0 Å². The maximum atomic E-state index is 11.7. The molecule has 4 saturated carbocycles. The van der Waals surface area contributed by atoms with Crippen molar-refractivity contribution in [3.63, 3.8) is 0 Å². The lowest BCUT2D eigenvalue weighted by atomic mass is 9.42. The van der Waals surface area contributed by atoms with Gasteiger partial charge in [-0.3, -0.25) is 0 Å². The smallest absolute Gasteiger partial charge is 0.0976 e. The van der Waals surface area contributed by atoms with Gasteiger partial charge in [0.1, 0.15) is 0 Å². The second kappa shape index (κ2) is 8.03. The minimum Gasteiger partial charge on any atom is -0.390 e. The first-order chi connectivity index (χ1) is 14.0. The van der Waals surface area contributed by atoms with Gasteiger partial charge < -0.3 is 15.9 Å². The molecule has 4 aliphatic carbocycles. The minimum absolute atomic E-state index is 0.0330. The van der Waals surface area contributed by atoms with Crippen molar-refractivity contribution in [2.75, 3.05) is 0 Å². The molecule has 0 amide bonds. The van der Waals surface area contributed by atoms with E-state index in [1.165, 1.54) is 44.9 Å². The van der Waals surface area contributed by atoms with Gasteiger partial charge in [-0.15, -0.1) is 0 Å². The van der Waals surface area contributed by atoms with Crippen LogP contribution in [0.1, 0.15) is 105 Å². The normalized spacial score (nSPS) is 51.9. The van der Waals surface area contributed by atoms with Gasteiger partial charge in [-0.25, -0.2) is 0 Å². The number of hydrogen-bond acceptors (Lipinski definition) is 3. The predicted molar refractivity (Wildman–Crippen MR) is 124 cm³/mol. The summed E-state index contributed by atoms with van der Waals surface area (Å²) in [4.78, 5) is 0. The van der Waals surface area contributed by atoms with Crippen molar-refractivity contribution < 1.29 is 10.2 Å². The van der Waals surface area contributed by atoms with E-state index in [1.54, 1.807) is 0 Å². The molecule has 4 N–H and O–H groups in total. The van der Waals surface area contributed by atoms with Gasteiger partial charge in [0.15, 0.2) is 0 Å². The molecule has 0 radical (unpaired) electrons. The van der Waals surface area contributed by atoms with Crippen LogP contribution in [0.3, 0.4) is 0 Å². The molecular weight excluding hydrogens is 370 g/mol. The lowest BCUT2D eigenvalue weighted by Crippen LogP contribution is -2.69. The molecule has 0 aromatic heterocycles. The second-order valence-corrected chi connectivity index (χ2v) is 13.0. The van der Waals surface area contributed by atoms with Crippen LogP contribution in [-0.4, -0.2) is 28.0 Å². The number of hydrogen-bond donors (Lipinski definition) is 3. The highest BCUT2D eigenvalue weighted by Gasteiger charge is 2.67. The van der Waals surface area contributed by atoms with E-state index in [9.17, 15) is 10.2 Å². The Morgan fingerprint density at radius 2 is 1.70 bits per heavy atom. The molecule has 0 heterocycles. The van der Waals surface area contributed by atoms with Crippen LogP contribution in [0.4, 0.5) is 0 Å². The molecule has 3 nitrogen and oxygen atoms in total. The third-order valence-electron chi connectivity index (χ3n) is 11.1. The van der Waals surface area contributed by atoms with E-state index in [0.717, 1.165) is 42.9 Å². The van der Waals surface area contributed by atoms with Crippen LogP contribution in [0, 0.1) is 46.3 Å². The fourth-order valence-electron chi connectivity index (χ4n) is 9.34. The Hall–Kier alpha value is -0.120. The fraction of sp³-hybridized carbons (Fsp3) is 1.00. The molecule has 4 aliphatic rings. The van der Waals surface area contributed by atoms with Gasteiger partial charge in [-0.1, -0.05) is 53.9 Å². The van der Waals surface area contributed by atoms with E-state index in [2.05, 4.69) is 34.6 Å². The van der Waals surface area contributed by atoms with E-state index in [0.29, 0.717) is 23.7 Å². The largest absolute Gasteiger partial charge is 0.390 e. The third-order valence-corrected chi connectivity index (χ3v) is 11.1. The number of rotatable bonds is 5. The molecule has 4 fully saturated rings. The maximum absolute atomic E-state index is 11.7. The van der Waals surface area contributed by atoms with Crippen LogP contribution >= 0.6 is 0 Å². The van der Waals surface area contributed by atoms with Crippen molar-refractivity contribution in [3.05, 3.63) is 0 Å². The lowest BCUT2D eigenvalue weighted by Gasteiger charge is -2.65. The first-order valence-corrected chi connectivity index (χ1v) is 13.2. The van der Waals surface area contributed by atoms with E-state index in [4.69, 9.17) is 5.73 Å². The van der Waals surface area contributed by atoms with Crippen LogP contribution in [0.25, 0.3) is 0 Å². The quantitative estimate of drug-likeness (QED) is 0.549. The fourth-order valence-corrected chi connectivity index (χ4v) is 9.34. The summed E-state index contributed by atoms with van der Waals surface area (Å²) < 4.78 is 0. The topological polar surface area (TPSA) is 66.5 Å². The van der Waals surface area contributed by atoms with Crippen LogP contribution < -0.4 is 5.73 Å². The third kappa shape index (κ3) is 3.41. The Bertz CT molecular complexity index is 622. The average Bonchev–Trinajstić information content (AvgIpc) is 3.01. The van der Waals surface area contributed by atoms with Gasteiger partial charge in [0.2, 0.25) is 0 Å². The number of aliphatic hydroxyl groups excluding tert-OH is 1. The molecule has 174 valence electrons. The first kappa shape index (κ1) is 23.1. The molecule has 0 spiro atoms. The van der Waals surface area contributed by atoms with Gasteiger partial charge >= 0.3 is 0 Å². The zero-order chi connectivity index (χ0) is 21.9. The van der Waals surface area contributed by atoms with Crippen LogP contribution in [0.2, 0.25) is 0 Å². The summed E-state index contributed by atoms with van der Waals surface area (Å²) in [6.07, 6.45) is 12.1. The molecule has 0 bridgehead atoms. The highest BCUT2D eigenvalue weighted by Crippen LogP contribution is 2.69. The van der Waals surface area contributed by atoms with Crippen molar-refractivity contribution in [2.45, 2.75) is 123 Å². The molecule has 0 saturated heterocycles. The van der Waals surface area contributed by atoms with Gasteiger partial charge in [0.25, 0.3) is 0 Å². The van der Waals surface area contributed by atoms with E-state index in [1.807, 2.05) is 0 Å². The molecule has 4 rings (SSSR count). The van der Waals surface area contributed by atoms with Crippen LogP contribution in [-0.2, 0) is 0 Å². The average molecular weight is 420 g/mol. The van der Waals surface area contributed by atoms with Crippen molar-refractivity contribution >= 4 is 0 Å². The SMILES string of the molecule is CC(C)CCC[C@@H](C)[C@H]1CCC2C3C[C@@H](O)C4(O)C[C@H](N)CC[C@]4(C)C3CC[C@@]21C. The molecule has 0 aromatic carbocycles. The molecule has 10 atom stereocenters. The summed E-state index contributed by atoms with van der Waals surface area (Å²) in [5, 5.41) is 22.9. The number of aliphatic hydroxyl groups is 2. The van der Waals surface area contributed by atoms with E-state index in [-0.39, 0.29) is 11.5 Å². The molecule has 30 heavy (non-hydrogen) atoms. The summed E-state index contributed by atoms with van der Waals surface area (Å²) >= 11 is 0. The zero-order valence-electron chi connectivity index (χ0n) is 20.4. The predicted octanol–water partition coefficient (Wildman–Crippen LogP) is 5.52. The Labute approximate surface area is 185 Å². The molecule has 3 heteroatoms. The molecular formula is C27H49NO2. The highest BCUT2D eigenvalue weighted by molar-refractivity contribution is 5.17. The van der Waals surface area contributed by atoms with Gasteiger partial charge in [-0.2, -0.15) is 0 Å². The van der Waals surface area contributed by atoms with E-state index >= 15 is 0 Å². The Balaban J connectivity index is 1.53. The Morgan fingerprint density at radius 3 is 2.40 bits per heavy atom. The van der Waals surface area contributed by atoms with Crippen LogP contribution in [0.5, 0.6) is 0 Å². The van der Waals surface area contributed by atoms with Crippen molar-refractivity contribution in [1.82, 2.24) is 0 Å². The Morgan fingerprint density at radius 1 is 0.967 bits per heavy atom. The summed E-state index contributed by atoms with van der Waals surface area (Å²) in [6, 6.07) is 0.0330. The summed E-state index contributed by atoms with van der Waals surface area (Å²) in [7, 11) is 0. The maximum Gasteiger partial charge on any atom is 0.0976 e. The molecule has 4 unspecified atom stereocenters. The summed E-state index contributed by atoms with van der Waals surface area (Å²) in [5.74, 6) is 4.30. The lowest BCUT2D eigenvalue weighted by molar-refractivity contribution is -0.255. The number of nitrogens with two attached hydrogens (primary N) is 1. The van der Waals surface area contributed by atoms with E-state index < -0.39 is 11.7 Å². The monoisotopic (exact) mass is 419 g/mol. The Kier molecular flexibility index (Phi) is 6.17. The van der Waals surface area contributed by atoms with Gasteiger partial charge in [0, 0.05) is 11.5 Å². The zero-order valence-corrected chi connectivity index (χ0v) is 20.4. The first-order valence-electron chi connectivity index (χ1n) is 13.2. The second-order valence-electron chi connectivity index (χ2n) is 13.0. The van der Waals surface area contributed by atoms with Crippen molar-refractivity contribution in [1.29, 1.82) is 0 Å². The van der Waals surface area contributed by atoms with Gasteiger partial charge in [-0.05, 0) is 92.3 Å². The standard InChI is InChI=1S/C27H49NO2/c1-17(2)7-6-8-18(3)21-9-10-22-20-15-24(29)27(30)16-19(28)11-14-26(27,5)23(20)12-13-25(21,22)4/h17-24,29-30H,6-16,28H2,1-5H3/t18-,19-,20?,21-,22?,23?,24-,25-,26-,27?/m1/s1. The van der Waals surface area contributed by atoms with Crippen LogP contribution in [0.15, 0.2) is 0 Å². The number of fused-ring (bicyclic) bond motifs is 5. The minimum atomic E-state index is -0.984. The molecule has 0 aliphatic heterocycles. The summed E-state index contributed by atoms with van der Waals surface area (Å²) in [5.41, 5.74) is 5.53. The van der Waals surface area contributed by atoms with Gasteiger partial charge in [0.05, 0.1) is 11.7 Å². The summed E-state index contributed by atoms with van der Waals surface area (Å²) in [6.45, 7) is 12.1. The highest BCUT2D eigenvalue weighted by atomic mass is 16.3. The molecule has 0 aromatic rings. The van der Waals surface area contributed by atoms with Crippen molar-refractivity contribution in [2.24, 2.45) is 52.1 Å².